The minimum absolute atomic E-state index is 0.329. The maximum atomic E-state index is 5.55. The number of rotatable bonds is 4. The maximum absolute atomic E-state index is 5.55. The molecule has 0 aliphatic heterocycles. The van der Waals surface area contributed by atoms with Crippen LogP contribution in [0, 0.1) is 0 Å². The molecule has 0 atom stereocenters. The molecular weight excluding hydrogens is 258 g/mol. The van der Waals surface area contributed by atoms with E-state index < -0.39 is 0 Å². The molecule has 2 heterocycles. The lowest BCUT2D eigenvalue weighted by Crippen LogP contribution is -1.94. The van der Waals surface area contributed by atoms with Gasteiger partial charge in [0.05, 0.1) is 12.2 Å². The Hall–Kier alpha value is -2.83. The van der Waals surface area contributed by atoms with Crippen molar-refractivity contribution in [2.75, 3.05) is 12.3 Å². The summed E-state index contributed by atoms with van der Waals surface area (Å²) in [6, 6.07) is 9.16. The molecular formula is C13H13N5O2. The molecule has 0 bridgehead atoms. The van der Waals surface area contributed by atoms with E-state index in [1.807, 2.05) is 31.2 Å². The van der Waals surface area contributed by atoms with Crippen LogP contribution in [0.5, 0.6) is 5.75 Å². The molecule has 20 heavy (non-hydrogen) atoms. The number of nitrogens with two attached hydrogens (primary N) is 1. The van der Waals surface area contributed by atoms with Crippen LogP contribution < -0.4 is 10.5 Å². The van der Waals surface area contributed by atoms with Crippen molar-refractivity contribution in [1.29, 1.82) is 0 Å². The van der Waals surface area contributed by atoms with E-state index in [9.17, 15) is 0 Å². The van der Waals surface area contributed by atoms with Crippen LogP contribution in [0.15, 0.2) is 34.9 Å². The molecule has 0 amide bonds. The lowest BCUT2D eigenvalue weighted by atomic mass is 10.2. The quantitative estimate of drug-likeness (QED) is 0.753. The molecule has 7 heteroatoms. The SMILES string of the molecule is CCOc1ccccc1-c1noc(-c2cc(N)n[nH]2)n1. The summed E-state index contributed by atoms with van der Waals surface area (Å²) in [6.45, 7) is 2.49. The van der Waals surface area contributed by atoms with Crippen molar-refractivity contribution in [1.82, 2.24) is 20.3 Å². The molecule has 3 N–H and O–H groups in total. The van der Waals surface area contributed by atoms with Crippen molar-refractivity contribution in [3.8, 4) is 28.7 Å². The van der Waals surface area contributed by atoms with Gasteiger partial charge in [-0.2, -0.15) is 10.1 Å². The van der Waals surface area contributed by atoms with Gasteiger partial charge >= 0.3 is 0 Å². The van der Waals surface area contributed by atoms with Gasteiger partial charge in [-0.15, -0.1) is 0 Å². The molecule has 0 fully saturated rings. The van der Waals surface area contributed by atoms with Crippen LogP contribution in [0.1, 0.15) is 6.92 Å². The van der Waals surface area contributed by atoms with E-state index in [-0.39, 0.29) is 0 Å². The van der Waals surface area contributed by atoms with Crippen molar-refractivity contribution in [2.45, 2.75) is 6.92 Å². The van der Waals surface area contributed by atoms with Crippen LogP contribution in [0.4, 0.5) is 5.82 Å². The summed E-state index contributed by atoms with van der Waals surface area (Å²) in [7, 11) is 0. The molecule has 0 aliphatic carbocycles. The van der Waals surface area contributed by atoms with Crippen LogP contribution in [0.2, 0.25) is 0 Å². The smallest absolute Gasteiger partial charge is 0.276 e. The second kappa shape index (κ2) is 5.04. The van der Waals surface area contributed by atoms with Gasteiger partial charge in [0.25, 0.3) is 5.89 Å². The van der Waals surface area contributed by atoms with Gasteiger partial charge in [0, 0.05) is 6.07 Å². The number of benzene rings is 1. The Morgan fingerprint density at radius 1 is 1.35 bits per heavy atom. The topological polar surface area (TPSA) is 103 Å². The third-order valence-corrected chi connectivity index (χ3v) is 2.68. The van der Waals surface area contributed by atoms with Gasteiger partial charge in [-0.1, -0.05) is 17.3 Å². The highest BCUT2D eigenvalue weighted by molar-refractivity contribution is 5.65. The molecule has 102 valence electrons. The highest BCUT2D eigenvalue weighted by Gasteiger charge is 2.15. The van der Waals surface area contributed by atoms with Gasteiger partial charge in [-0.3, -0.25) is 5.10 Å². The summed E-state index contributed by atoms with van der Waals surface area (Å²) in [5.41, 5.74) is 6.90. The Morgan fingerprint density at radius 3 is 2.95 bits per heavy atom. The molecule has 0 radical (unpaired) electrons. The number of hydrogen-bond acceptors (Lipinski definition) is 6. The molecule has 7 nitrogen and oxygen atoms in total. The lowest BCUT2D eigenvalue weighted by molar-refractivity contribution is 0.341. The molecule has 1 aromatic carbocycles. The van der Waals surface area contributed by atoms with Gasteiger partial charge in [0.2, 0.25) is 5.82 Å². The van der Waals surface area contributed by atoms with Gasteiger partial charge in [-0.05, 0) is 19.1 Å². The van der Waals surface area contributed by atoms with Crippen molar-refractivity contribution in [3.63, 3.8) is 0 Å². The lowest BCUT2D eigenvalue weighted by Gasteiger charge is -2.05. The van der Waals surface area contributed by atoms with Crippen molar-refractivity contribution < 1.29 is 9.26 Å². The Balaban J connectivity index is 1.98. The minimum Gasteiger partial charge on any atom is -0.493 e. The summed E-state index contributed by atoms with van der Waals surface area (Å²) in [5, 5.41) is 10.5. The first-order valence-corrected chi connectivity index (χ1v) is 6.15. The number of nitrogens with one attached hydrogen (secondary N) is 1. The van der Waals surface area contributed by atoms with Crippen LogP contribution in [-0.4, -0.2) is 26.9 Å². The van der Waals surface area contributed by atoms with Crippen LogP contribution in [0.25, 0.3) is 23.0 Å². The van der Waals surface area contributed by atoms with Crippen molar-refractivity contribution in [3.05, 3.63) is 30.3 Å². The van der Waals surface area contributed by atoms with E-state index in [1.54, 1.807) is 6.07 Å². The van der Waals surface area contributed by atoms with E-state index in [2.05, 4.69) is 20.3 Å². The average molecular weight is 271 g/mol. The van der Waals surface area contributed by atoms with Gasteiger partial charge < -0.3 is 15.0 Å². The van der Waals surface area contributed by atoms with E-state index in [1.165, 1.54) is 0 Å². The third kappa shape index (κ3) is 2.20. The normalized spacial score (nSPS) is 10.7. The number of aromatic nitrogens is 4. The Kier molecular flexibility index (Phi) is 3.08. The number of nitrogen functional groups attached to an aromatic ring is 1. The zero-order valence-corrected chi connectivity index (χ0v) is 10.8. The molecule has 0 saturated heterocycles. The van der Waals surface area contributed by atoms with Crippen molar-refractivity contribution in [2.24, 2.45) is 0 Å². The zero-order chi connectivity index (χ0) is 13.9. The van der Waals surface area contributed by atoms with E-state index >= 15 is 0 Å². The molecule has 0 unspecified atom stereocenters. The predicted molar refractivity (Wildman–Crippen MR) is 72.9 cm³/mol. The fourth-order valence-corrected chi connectivity index (χ4v) is 1.82. The molecule has 3 aromatic rings. The van der Waals surface area contributed by atoms with Gasteiger partial charge in [0.15, 0.2) is 0 Å². The number of aromatic amines is 1. The first-order valence-electron chi connectivity index (χ1n) is 6.15. The Morgan fingerprint density at radius 2 is 2.20 bits per heavy atom. The third-order valence-electron chi connectivity index (χ3n) is 2.68. The largest absolute Gasteiger partial charge is 0.493 e. The summed E-state index contributed by atoms with van der Waals surface area (Å²) in [6.07, 6.45) is 0. The van der Waals surface area contributed by atoms with E-state index in [0.29, 0.717) is 35.6 Å². The van der Waals surface area contributed by atoms with E-state index in [0.717, 1.165) is 5.56 Å². The second-order valence-electron chi connectivity index (χ2n) is 4.06. The molecule has 3 rings (SSSR count). The summed E-state index contributed by atoms with van der Waals surface area (Å²) < 4.78 is 10.8. The minimum atomic E-state index is 0.329. The standard InChI is InChI=1S/C13H13N5O2/c1-2-19-10-6-4-3-5-8(10)12-15-13(20-18-12)9-7-11(14)17-16-9/h3-7H,2H2,1H3,(H3,14,16,17). The molecule has 0 saturated carbocycles. The highest BCUT2D eigenvalue weighted by Crippen LogP contribution is 2.29. The first kappa shape index (κ1) is 12.2. The van der Waals surface area contributed by atoms with Gasteiger partial charge in [0.1, 0.15) is 17.3 Å². The van der Waals surface area contributed by atoms with Crippen LogP contribution >= 0.6 is 0 Å². The number of hydrogen-bond donors (Lipinski definition) is 2. The number of ether oxygens (including phenoxy) is 1. The fourth-order valence-electron chi connectivity index (χ4n) is 1.82. The highest BCUT2D eigenvalue weighted by atomic mass is 16.5. The summed E-state index contributed by atoms with van der Waals surface area (Å²) >= 11 is 0. The maximum Gasteiger partial charge on any atom is 0.276 e. The summed E-state index contributed by atoms with van der Waals surface area (Å²) in [4.78, 5) is 4.32. The van der Waals surface area contributed by atoms with Gasteiger partial charge in [-0.25, -0.2) is 0 Å². The number of nitrogens with zero attached hydrogens (tertiary/aromatic N) is 3. The first-order chi connectivity index (χ1) is 9.78. The zero-order valence-electron chi connectivity index (χ0n) is 10.8. The monoisotopic (exact) mass is 271 g/mol. The number of H-pyrrole nitrogens is 1. The second-order valence-corrected chi connectivity index (χ2v) is 4.06. The number of anilines is 1. The Bertz CT molecular complexity index is 719. The van der Waals surface area contributed by atoms with Crippen molar-refractivity contribution >= 4 is 5.82 Å². The van der Waals surface area contributed by atoms with Crippen LogP contribution in [-0.2, 0) is 0 Å². The fraction of sp³-hybridized carbons (Fsp3) is 0.154. The average Bonchev–Trinajstić information content (AvgIpc) is 3.08. The molecule has 0 aliphatic rings. The molecule has 0 spiro atoms. The number of para-hydroxylation sites is 1. The van der Waals surface area contributed by atoms with E-state index in [4.69, 9.17) is 15.0 Å². The predicted octanol–water partition coefficient (Wildman–Crippen LogP) is 2.11. The Labute approximate surface area is 114 Å². The molecule has 2 aromatic heterocycles. The van der Waals surface area contributed by atoms with Crippen LogP contribution in [0.3, 0.4) is 0 Å². The summed E-state index contributed by atoms with van der Waals surface area (Å²) in [5.74, 6) is 1.87.